The fraction of sp³-hybridized carbons (Fsp3) is 0.348. The van der Waals surface area contributed by atoms with Gasteiger partial charge in [-0.1, -0.05) is 52.0 Å². The number of carbonyl (C=O) groups is 2. The highest BCUT2D eigenvalue weighted by atomic mass is 16.2. The van der Waals surface area contributed by atoms with E-state index in [9.17, 15) is 9.59 Å². The van der Waals surface area contributed by atoms with Gasteiger partial charge in [-0.25, -0.2) is 4.98 Å². The molecule has 2 amide bonds. The second-order valence-corrected chi connectivity index (χ2v) is 7.46. The Hall–Kier alpha value is -3.15. The Labute approximate surface area is 171 Å². The maximum atomic E-state index is 13.1. The number of nitrogens with one attached hydrogen (secondary N) is 2. The predicted octanol–water partition coefficient (Wildman–Crippen LogP) is 4.10. The SMILES string of the molecule is CCc1cccc(CC)c1NC(=O)c1nc(C(=O)NCC(C)C)n2ccccc12. The lowest BCUT2D eigenvalue weighted by molar-refractivity contribution is 0.0938. The van der Waals surface area contributed by atoms with Gasteiger partial charge in [-0.05, 0) is 42.0 Å². The minimum atomic E-state index is -0.313. The fourth-order valence-corrected chi connectivity index (χ4v) is 3.32. The molecule has 152 valence electrons. The molecule has 0 fully saturated rings. The highest BCUT2D eigenvalue weighted by Gasteiger charge is 2.22. The van der Waals surface area contributed by atoms with Crippen LogP contribution in [0.5, 0.6) is 0 Å². The largest absolute Gasteiger partial charge is 0.349 e. The van der Waals surface area contributed by atoms with E-state index in [0.717, 1.165) is 29.7 Å². The van der Waals surface area contributed by atoms with Gasteiger partial charge >= 0.3 is 0 Å². The lowest BCUT2D eigenvalue weighted by Gasteiger charge is -2.13. The van der Waals surface area contributed by atoms with Crippen LogP contribution in [-0.4, -0.2) is 27.7 Å². The number of aromatic nitrogens is 2. The van der Waals surface area contributed by atoms with Crippen molar-refractivity contribution in [1.82, 2.24) is 14.7 Å². The molecule has 29 heavy (non-hydrogen) atoms. The third-order valence-electron chi connectivity index (χ3n) is 4.87. The molecule has 3 rings (SSSR count). The van der Waals surface area contributed by atoms with Crippen LogP contribution in [0.25, 0.3) is 5.52 Å². The lowest BCUT2D eigenvalue weighted by Crippen LogP contribution is -2.29. The number of pyridine rings is 1. The van der Waals surface area contributed by atoms with E-state index < -0.39 is 0 Å². The van der Waals surface area contributed by atoms with Gasteiger partial charge in [0.2, 0.25) is 5.82 Å². The Morgan fingerprint density at radius 3 is 2.31 bits per heavy atom. The molecule has 0 saturated heterocycles. The van der Waals surface area contributed by atoms with Crippen LogP contribution in [0.1, 0.15) is 59.9 Å². The molecule has 0 unspecified atom stereocenters. The lowest BCUT2D eigenvalue weighted by atomic mass is 10.0. The minimum Gasteiger partial charge on any atom is -0.349 e. The quantitative estimate of drug-likeness (QED) is 0.636. The third kappa shape index (κ3) is 4.31. The van der Waals surface area contributed by atoms with Crippen molar-refractivity contribution in [3.63, 3.8) is 0 Å². The molecule has 0 aliphatic heterocycles. The van der Waals surface area contributed by atoms with Crippen molar-refractivity contribution >= 4 is 23.0 Å². The zero-order valence-electron chi connectivity index (χ0n) is 17.5. The summed E-state index contributed by atoms with van der Waals surface area (Å²) in [7, 11) is 0. The fourth-order valence-electron chi connectivity index (χ4n) is 3.32. The van der Waals surface area contributed by atoms with E-state index >= 15 is 0 Å². The molecule has 3 aromatic rings. The number of para-hydroxylation sites is 1. The molecule has 0 radical (unpaired) electrons. The van der Waals surface area contributed by atoms with E-state index in [-0.39, 0.29) is 23.3 Å². The van der Waals surface area contributed by atoms with Gasteiger partial charge in [-0.3, -0.25) is 14.0 Å². The van der Waals surface area contributed by atoms with Gasteiger partial charge in [0.1, 0.15) is 0 Å². The normalized spacial score (nSPS) is 11.1. The summed E-state index contributed by atoms with van der Waals surface area (Å²) in [6, 6.07) is 11.5. The molecule has 2 heterocycles. The first-order chi connectivity index (χ1) is 14.0. The number of fused-ring (bicyclic) bond motifs is 1. The molecule has 0 bridgehead atoms. The highest BCUT2D eigenvalue weighted by Crippen LogP contribution is 2.24. The van der Waals surface area contributed by atoms with E-state index in [2.05, 4.69) is 29.5 Å². The molecule has 6 heteroatoms. The minimum absolute atomic E-state index is 0.214. The van der Waals surface area contributed by atoms with Crippen LogP contribution in [0.3, 0.4) is 0 Å². The molecule has 6 nitrogen and oxygen atoms in total. The number of imidazole rings is 1. The molecular formula is C23H28N4O2. The number of carbonyl (C=O) groups excluding carboxylic acids is 2. The van der Waals surface area contributed by atoms with Crippen LogP contribution < -0.4 is 10.6 Å². The molecule has 0 aliphatic rings. The molecular weight excluding hydrogens is 364 g/mol. The molecule has 0 saturated carbocycles. The van der Waals surface area contributed by atoms with Crippen molar-refractivity contribution in [3.05, 3.63) is 65.2 Å². The number of rotatable bonds is 7. The van der Waals surface area contributed by atoms with E-state index in [1.165, 1.54) is 0 Å². The van der Waals surface area contributed by atoms with Gasteiger partial charge < -0.3 is 10.6 Å². The highest BCUT2D eigenvalue weighted by molar-refractivity contribution is 6.09. The first-order valence-electron chi connectivity index (χ1n) is 10.1. The Balaban J connectivity index is 1.98. The van der Waals surface area contributed by atoms with Crippen LogP contribution in [0.2, 0.25) is 0 Å². The zero-order chi connectivity index (χ0) is 21.0. The Bertz CT molecular complexity index is 1010. The van der Waals surface area contributed by atoms with Gasteiger partial charge in [0.25, 0.3) is 11.8 Å². The number of amides is 2. The van der Waals surface area contributed by atoms with Crippen molar-refractivity contribution in [2.24, 2.45) is 5.92 Å². The second kappa shape index (κ2) is 8.90. The maximum absolute atomic E-state index is 13.1. The smallest absolute Gasteiger partial charge is 0.287 e. The number of hydrogen-bond donors (Lipinski definition) is 2. The van der Waals surface area contributed by atoms with E-state index in [1.54, 1.807) is 16.7 Å². The summed E-state index contributed by atoms with van der Waals surface area (Å²) in [6.45, 7) is 8.73. The molecule has 0 spiro atoms. The van der Waals surface area contributed by atoms with Crippen LogP contribution in [0, 0.1) is 5.92 Å². The molecule has 0 atom stereocenters. The van der Waals surface area contributed by atoms with Crippen molar-refractivity contribution in [2.45, 2.75) is 40.5 Å². The van der Waals surface area contributed by atoms with Crippen LogP contribution >= 0.6 is 0 Å². The van der Waals surface area contributed by atoms with Crippen LogP contribution in [0.15, 0.2) is 42.6 Å². The summed E-state index contributed by atoms with van der Waals surface area (Å²) in [6.07, 6.45) is 3.38. The molecule has 2 N–H and O–H groups in total. The number of hydrogen-bond acceptors (Lipinski definition) is 3. The average molecular weight is 393 g/mol. The number of aryl methyl sites for hydroxylation is 2. The second-order valence-electron chi connectivity index (χ2n) is 7.46. The maximum Gasteiger partial charge on any atom is 0.287 e. The van der Waals surface area contributed by atoms with Crippen molar-refractivity contribution < 1.29 is 9.59 Å². The number of nitrogens with zero attached hydrogens (tertiary/aromatic N) is 2. The van der Waals surface area contributed by atoms with Gasteiger partial charge in [-0.2, -0.15) is 0 Å². The summed E-state index contributed by atoms with van der Waals surface area (Å²) in [5, 5.41) is 5.92. The van der Waals surface area contributed by atoms with Crippen LogP contribution in [0.4, 0.5) is 5.69 Å². The first kappa shape index (κ1) is 20.6. The molecule has 0 aliphatic carbocycles. The van der Waals surface area contributed by atoms with Crippen molar-refractivity contribution in [1.29, 1.82) is 0 Å². The summed E-state index contributed by atoms with van der Waals surface area (Å²) >= 11 is 0. The summed E-state index contributed by atoms with van der Waals surface area (Å²) in [4.78, 5) is 30.2. The monoisotopic (exact) mass is 392 g/mol. The van der Waals surface area contributed by atoms with Gasteiger partial charge in [0.05, 0.1) is 5.52 Å². The predicted molar refractivity (Wildman–Crippen MR) is 116 cm³/mol. The summed E-state index contributed by atoms with van der Waals surface area (Å²) in [5.41, 5.74) is 3.85. The van der Waals surface area contributed by atoms with E-state index in [0.29, 0.717) is 18.0 Å². The van der Waals surface area contributed by atoms with E-state index in [1.807, 2.05) is 44.2 Å². The van der Waals surface area contributed by atoms with Gasteiger partial charge in [0.15, 0.2) is 5.69 Å². The summed E-state index contributed by atoms with van der Waals surface area (Å²) in [5.74, 6) is -0.0637. The van der Waals surface area contributed by atoms with Crippen molar-refractivity contribution in [2.75, 3.05) is 11.9 Å². The summed E-state index contributed by atoms with van der Waals surface area (Å²) < 4.78 is 1.66. The molecule has 2 aromatic heterocycles. The molecule has 1 aromatic carbocycles. The number of benzene rings is 1. The third-order valence-corrected chi connectivity index (χ3v) is 4.87. The first-order valence-corrected chi connectivity index (χ1v) is 10.1. The zero-order valence-corrected chi connectivity index (χ0v) is 17.5. The Morgan fingerprint density at radius 1 is 1.00 bits per heavy atom. The van der Waals surface area contributed by atoms with Crippen molar-refractivity contribution in [3.8, 4) is 0 Å². The van der Waals surface area contributed by atoms with Crippen LogP contribution in [-0.2, 0) is 12.8 Å². The standard InChI is InChI=1S/C23H28N4O2/c1-5-16-10-9-11-17(6-2)19(16)26-22(28)20-18-12-7-8-13-27(18)21(25-20)23(29)24-14-15(3)4/h7-13,15H,5-6,14H2,1-4H3,(H,24,29)(H,26,28). The van der Waals surface area contributed by atoms with E-state index in [4.69, 9.17) is 0 Å². The van der Waals surface area contributed by atoms with Gasteiger partial charge in [0, 0.05) is 18.4 Å². The topological polar surface area (TPSA) is 75.5 Å². The Kier molecular flexibility index (Phi) is 6.32. The average Bonchev–Trinajstić information content (AvgIpc) is 3.12. The number of anilines is 1. The Morgan fingerprint density at radius 2 is 1.69 bits per heavy atom. The van der Waals surface area contributed by atoms with Gasteiger partial charge in [-0.15, -0.1) is 0 Å².